The van der Waals surface area contributed by atoms with Crippen LogP contribution in [0.25, 0.3) is 0 Å². The number of carbonyl (C=O) groups excluding carboxylic acids is 2. The van der Waals surface area contributed by atoms with E-state index in [9.17, 15) is 18.0 Å². The first kappa shape index (κ1) is 28.2. The molecular weight excluding hydrogens is 510 g/mol. The molecule has 3 aromatic rings. The number of aryl methyl sites for hydroxylation is 2. The van der Waals surface area contributed by atoms with Gasteiger partial charge < -0.3 is 10.2 Å². The number of nitrogens with one attached hydrogen (secondary N) is 1. The maximum Gasteiger partial charge on any atom is 0.264 e. The average molecular weight is 542 g/mol. The molecule has 0 radical (unpaired) electrons. The van der Waals surface area contributed by atoms with Crippen LogP contribution in [0.2, 0.25) is 5.02 Å². The third kappa shape index (κ3) is 7.11. The van der Waals surface area contributed by atoms with Crippen molar-refractivity contribution in [3.63, 3.8) is 0 Å². The number of amides is 2. The van der Waals surface area contributed by atoms with Crippen LogP contribution < -0.4 is 9.62 Å². The van der Waals surface area contributed by atoms with E-state index < -0.39 is 28.5 Å². The SMILES string of the molecule is CCNC(=O)C(C)N(Cc1cccc(C)c1)C(=O)CN(c1ccc(C)cc1)S(=O)(=O)c1ccc(Cl)cc1. The fraction of sp³-hybridized carbons (Fsp3) is 0.286. The van der Waals surface area contributed by atoms with Crippen molar-refractivity contribution < 1.29 is 18.0 Å². The molecule has 9 heteroatoms. The Balaban J connectivity index is 2.02. The predicted octanol–water partition coefficient (Wildman–Crippen LogP) is 4.71. The smallest absolute Gasteiger partial charge is 0.264 e. The van der Waals surface area contributed by atoms with Crippen LogP contribution in [-0.4, -0.2) is 44.3 Å². The molecule has 1 atom stereocenters. The van der Waals surface area contributed by atoms with Crippen LogP contribution in [0.5, 0.6) is 0 Å². The lowest BCUT2D eigenvalue weighted by atomic mass is 10.1. The molecule has 0 aliphatic carbocycles. The van der Waals surface area contributed by atoms with Gasteiger partial charge in [0, 0.05) is 18.1 Å². The third-order valence-corrected chi connectivity index (χ3v) is 8.00. The maximum absolute atomic E-state index is 13.8. The highest BCUT2D eigenvalue weighted by atomic mass is 35.5. The molecule has 7 nitrogen and oxygen atoms in total. The first-order valence-corrected chi connectivity index (χ1v) is 13.8. The number of halogens is 1. The molecule has 0 saturated heterocycles. The van der Waals surface area contributed by atoms with Gasteiger partial charge in [0.05, 0.1) is 10.6 Å². The highest BCUT2D eigenvalue weighted by Crippen LogP contribution is 2.26. The topological polar surface area (TPSA) is 86.8 Å². The maximum atomic E-state index is 13.8. The van der Waals surface area contributed by atoms with Gasteiger partial charge in [-0.3, -0.25) is 13.9 Å². The summed E-state index contributed by atoms with van der Waals surface area (Å²) in [5, 5.41) is 3.15. The molecule has 1 unspecified atom stereocenters. The Morgan fingerprint density at radius 1 is 0.946 bits per heavy atom. The van der Waals surface area contributed by atoms with Crippen molar-refractivity contribution in [1.29, 1.82) is 0 Å². The Morgan fingerprint density at radius 3 is 2.19 bits per heavy atom. The molecule has 0 heterocycles. The molecule has 0 bridgehead atoms. The molecule has 3 aromatic carbocycles. The summed E-state index contributed by atoms with van der Waals surface area (Å²) in [7, 11) is -4.12. The van der Waals surface area contributed by atoms with Crippen molar-refractivity contribution in [3.05, 3.63) is 94.5 Å². The number of anilines is 1. The van der Waals surface area contributed by atoms with Gasteiger partial charge in [-0.25, -0.2) is 8.42 Å². The molecule has 1 N–H and O–H groups in total. The summed E-state index contributed by atoms with van der Waals surface area (Å²) in [6, 6.07) is 19.5. The molecule has 3 rings (SSSR count). The third-order valence-electron chi connectivity index (χ3n) is 5.96. The van der Waals surface area contributed by atoms with Gasteiger partial charge in [-0.05, 0) is 69.7 Å². The quantitative estimate of drug-likeness (QED) is 0.403. The fourth-order valence-electron chi connectivity index (χ4n) is 3.89. The van der Waals surface area contributed by atoms with Gasteiger partial charge in [-0.2, -0.15) is 0 Å². The largest absolute Gasteiger partial charge is 0.355 e. The standard InChI is InChI=1S/C28H32ClN3O4S/c1-5-30-28(34)22(4)31(18-23-8-6-7-21(3)17-23)27(33)19-32(25-13-9-20(2)10-14-25)37(35,36)26-15-11-24(29)12-16-26/h6-17,22H,5,18-19H2,1-4H3,(H,30,34). The van der Waals surface area contributed by atoms with Crippen molar-refractivity contribution in [1.82, 2.24) is 10.2 Å². The zero-order valence-corrected chi connectivity index (χ0v) is 23.0. The molecule has 0 spiro atoms. The van der Waals surface area contributed by atoms with Crippen molar-refractivity contribution in [2.75, 3.05) is 17.4 Å². The number of sulfonamides is 1. The number of hydrogen-bond donors (Lipinski definition) is 1. The zero-order chi connectivity index (χ0) is 27.2. The summed E-state index contributed by atoms with van der Waals surface area (Å²) in [4.78, 5) is 27.9. The van der Waals surface area contributed by atoms with Crippen LogP contribution in [0, 0.1) is 13.8 Å². The van der Waals surface area contributed by atoms with E-state index in [2.05, 4.69) is 5.32 Å². The second kappa shape index (κ2) is 12.3. The Kier molecular flexibility index (Phi) is 9.34. The first-order valence-electron chi connectivity index (χ1n) is 12.0. The highest BCUT2D eigenvalue weighted by Gasteiger charge is 2.32. The van der Waals surface area contributed by atoms with Crippen molar-refractivity contribution >= 4 is 39.1 Å². The van der Waals surface area contributed by atoms with Gasteiger partial charge in [-0.15, -0.1) is 0 Å². The summed E-state index contributed by atoms with van der Waals surface area (Å²) in [5.41, 5.74) is 3.15. The molecule has 0 saturated carbocycles. The highest BCUT2D eigenvalue weighted by molar-refractivity contribution is 7.92. The van der Waals surface area contributed by atoms with Crippen LogP contribution >= 0.6 is 11.6 Å². The number of rotatable bonds is 10. The molecule has 0 aromatic heterocycles. The van der Waals surface area contributed by atoms with E-state index in [1.54, 1.807) is 38.1 Å². The number of carbonyl (C=O) groups is 2. The molecule has 0 aliphatic rings. The Bertz CT molecular complexity index is 1340. The average Bonchev–Trinajstić information content (AvgIpc) is 2.86. The normalized spacial score (nSPS) is 12.0. The number of nitrogens with zero attached hydrogens (tertiary/aromatic N) is 2. The van der Waals surface area contributed by atoms with Gasteiger partial charge in [0.1, 0.15) is 12.6 Å². The summed E-state index contributed by atoms with van der Waals surface area (Å²) in [6.45, 7) is 7.37. The molecule has 0 fully saturated rings. The monoisotopic (exact) mass is 541 g/mol. The lowest BCUT2D eigenvalue weighted by Crippen LogP contribution is -2.51. The fourth-order valence-corrected chi connectivity index (χ4v) is 5.43. The minimum atomic E-state index is -4.12. The van der Waals surface area contributed by atoms with Crippen LogP contribution in [0.1, 0.15) is 30.5 Å². The zero-order valence-electron chi connectivity index (χ0n) is 21.4. The molecule has 37 heavy (non-hydrogen) atoms. The lowest BCUT2D eigenvalue weighted by Gasteiger charge is -2.32. The second-order valence-electron chi connectivity index (χ2n) is 8.88. The molecule has 196 valence electrons. The van der Waals surface area contributed by atoms with Gasteiger partial charge in [0.25, 0.3) is 10.0 Å². The summed E-state index contributed by atoms with van der Waals surface area (Å²) < 4.78 is 28.5. The van der Waals surface area contributed by atoms with E-state index in [1.807, 2.05) is 38.1 Å². The van der Waals surface area contributed by atoms with E-state index in [0.717, 1.165) is 21.0 Å². The van der Waals surface area contributed by atoms with Gasteiger partial charge in [0.15, 0.2) is 0 Å². The number of benzene rings is 3. The first-order chi connectivity index (χ1) is 17.5. The lowest BCUT2D eigenvalue weighted by molar-refractivity contribution is -0.139. The number of likely N-dealkylation sites (N-methyl/N-ethyl adjacent to an activating group) is 1. The summed E-state index contributed by atoms with van der Waals surface area (Å²) in [6.07, 6.45) is 0. The van der Waals surface area contributed by atoms with E-state index in [4.69, 9.17) is 11.6 Å². The minimum Gasteiger partial charge on any atom is -0.355 e. The van der Waals surface area contributed by atoms with Crippen LogP contribution in [-0.2, 0) is 26.2 Å². The van der Waals surface area contributed by atoms with Crippen LogP contribution in [0.3, 0.4) is 0 Å². The van der Waals surface area contributed by atoms with Crippen molar-refractivity contribution in [3.8, 4) is 0 Å². The van der Waals surface area contributed by atoms with E-state index in [-0.39, 0.29) is 17.3 Å². The Morgan fingerprint density at radius 2 is 1.59 bits per heavy atom. The van der Waals surface area contributed by atoms with E-state index in [0.29, 0.717) is 17.3 Å². The van der Waals surface area contributed by atoms with Gasteiger partial charge in [-0.1, -0.05) is 59.1 Å². The van der Waals surface area contributed by atoms with Crippen LogP contribution in [0.4, 0.5) is 5.69 Å². The van der Waals surface area contributed by atoms with Crippen molar-refractivity contribution in [2.45, 2.75) is 45.2 Å². The predicted molar refractivity (Wildman–Crippen MR) is 147 cm³/mol. The van der Waals surface area contributed by atoms with Crippen LogP contribution in [0.15, 0.2) is 77.7 Å². The summed E-state index contributed by atoms with van der Waals surface area (Å²) in [5.74, 6) is -0.815. The molecular formula is C28H32ClN3O4S. The Hall–Kier alpha value is -3.36. The van der Waals surface area contributed by atoms with Gasteiger partial charge in [0.2, 0.25) is 11.8 Å². The second-order valence-corrected chi connectivity index (χ2v) is 11.2. The molecule has 2 amide bonds. The summed E-state index contributed by atoms with van der Waals surface area (Å²) >= 11 is 5.97. The minimum absolute atomic E-state index is 0.00674. The molecule has 0 aliphatic heterocycles. The van der Waals surface area contributed by atoms with E-state index in [1.165, 1.54) is 29.2 Å². The van der Waals surface area contributed by atoms with E-state index >= 15 is 0 Å². The Labute approximate surface area is 224 Å². The van der Waals surface area contributed by atoms with Gasteiger partial charge >= 0.3 is 0 Å². The van der Waals surface area contributed by atoms with Crippen molar-refractivity contribution in [2.24, 2.45) is 0 Å². The number of hydrogen-bond acceptors (Lipinski definition) is 4.